The number of pyridine rings is 1. The molecule has 1 aliphatic heterocycles. The number of nitrogens with zero attached hydrogens (tertiary/aromatic N) is 4. The molecule has 2 amide bonds. The lowest BCUT2D eigenvalue weighted by molar-refractivity contribution is 0.194. The average Bonchev–Trinajstić information content (AvgIpc) is 3.01. The molecule has 8 nitrogen and oxygen atoms in total. The van der Waals surface area contributed by atoms with Gasteiger partial charge >= 0.3 is 6.03 Å². The number of aromatic nitrogens is 1. The topological polar surface area (TPSA) is 70.2 Å². The summed E-state index contributed by atoms with van der Waals surface area (Å²) < 4.78 is 11.9. The standard InChI is InChI=1S/C33H37N5O3/c1-4-26-23-31(32(34-25(26)3)41-29-16-10-7-11-17-29)38(27-13-8-6-9-14-27)35-33(39)37-21-19-36(20-22-37)28-15-12-18-30(24-28)40-5-2/h6-18,23-24H,4-5,19-22H2,1-3H3,(H,35,39). The van der Waals surface area contributed by atoms with Crippen molar-refractivity contribution >= 4 is 23.1 Å². The third kappa shape index (κ3) is 6.72. The largest absolute Gasteiger partial charge is 0.494 e. The molecule has 212 valence electrons. The van der Waals surface area contributed by atoms with Crippen molar-refractivity contribution in [2.24, 2.45) is 0 Å². The van der Waals surface area contributed by atoms with Crippen LogP contribution in [0.2, 0.25) is 0 Å². The molecule has 1 saturated heterocycles. The molecule has 0 saturated carbocycles. The van der Waals surface area contributed by atoms with E-state index in [-0.39, 0.29) is 6.03 Å². The zero-order valence-electron chi connectivity index (χ0n) is 23.9. The van der Waals surface area contributed by atoms with E-state index in [0.29, 0.717) is 37.0 Å². The Kier molecular flexibility index (Phi) is 8.89. The van der Waals surface area contributed by atoms with Crippen molar-refractivity contribution in [2.75, 3.05) is 42.7 Å². The van der Waals surface area contributed by atoms with Crippen LogP contribution >= 0.6 is 0 Å². The molecular formula is C33H37N5O3. The Morgan fingerprint density at radius 2 is 1.56 bits per heavy atom. The number of anilines is 3. The maximum Gasteiger partial charge on any atom is 0.336 e. The van der Waals surface area contributed by atoms with Gasteiger partial charge in [0, 0.05) is 43.6 Å². The molecule has 5 rings (SSSR count). The highest BCUT2D eigenvalue weighted by Gasteiger charge is 2.26. The molecule has 0 aliphatic carbocycles. The first-order valence-electron chi connectivity index (χ1n) is 14.2. The van der Waals surface area contributed by atoms with E-state index < -0.39 is 0 Å². The van der Waals surface area contributed by atoms with Gasteiger partial charge in [-0.3, -0.25) is 0 Å². The number of piperazine rings is 1. The van der Waals surface area contributed by atoms with Crippen LogP contribution in [0.15, 0.2) is 91.0 Å². The van der Waals surface area contributed by atoms with Gasteiger partial charge < -0.3 is 19.3 Å². The van der Waals surface area contributed by atoms with Gasteiger partial charge in [-0.2, -0.15) is 0 Å². The molecule has 0 atom stereocenters. The predicted molar refractivity (Wildman–Crippen MR) is 163 cm³/mol. The van der Waals surface area contributed by atoms with Gasteiger partial charge in [-0.1, -0.05) is 49.4 Å². The molecule has 8 heteroatoms. The zero-order valence-corrected chi connectivity index (χ0v) is 23.9. The summed E-state index contributed by atoms with van der Waals surface area (Å²) in [4.78, 5) is 22.7. The van der Waals surface area contributed by atoms with Gasteiger partial charge in [0.15, 0.2) is 0 Å². The number of urea groups is 1. The molecule has 0 radical (unpaired) electrons. The molecule has 41 heavy (non-hydrogen) atoms. The lowest BCUT2D eigenvalue weighted by Gasteiger charge is -2.37. The maximum absolute atomic E-state index is 13.7. The molecule has 0 unspecified atom stereocenters. The molecule has 2 heterocycles. The van der Waals surface area contributed by atoms with Crippen molar-refractivity contribution in [3.8, 4) is 17.4 Å². The first-order chi connectivity index (χ1) is 20.1. The number of hydrogen-bond donors (Lipinski definition) is 1. The molecule has 4 aromatic rings. The molecule has 0 bridgehead atoms. The summed E-state index contributed by atoms with van der Waals surface area (Å²) in [5.74, 6) is 1.96. The minimum absolute atomic E-state index is 0.180. The van der Waals surface area contributed by atoms with E-state index in [4.69, 9.17) is 14.5 Å². The van der Waals surface area contributed by atoms with Gasteiger partial charge in [-0.05, 0) is 68.3 Å². The summed E-state index contributed by atoms with van der Waals surface area (Å²) in [6.45, 7) is 9.32. The van der Waals surface area contributed by atoms with Crippen LogP contribution in [-0.4, -0.2) is 48.7 Å². The number of rotatable bonds is 9. The molecule has 1 aliphatic rings. The van der Waals surface area contributed by atoms with Crippen LogP contribution in [0.25, 0.3) is 0 Å². The van der Waals surface area contributed by atoms with Gasteiger partial charge in [0.2, 0.25) is 5.88 Å². The lowest BCUT2D eigenvalue weighted by atomic mass is 10.1. The fraction of sp³-hybridized carbons (Fsp3) is 0.273. The lowest BCUT2D eigenvalue weighted by Crippen LogP contribution is -2.54. The zero-order chi connectivity index (χ0) is 28.6. The van der Waals surface area contributed by atoms with E-state index >= 15 is 0 Å². The summed E-state index contributed by atoms with van der Waals surface area (Å²) in [5.41, 5.74) is 7.71. The van der Waals surface area contributed by atoms with Crippen LogP contribution in [0, 0.1) is 6.92 Å². The van der Waals surface area contributed by atoms with E-state index in [1.807, 2.05) is 91.5 Å². The molecule has 1 fully saturated rings. The highest BCUT2D eigenvalue weighted by Crippen LogP contribution is 2.36. The Labute approximate surface area is 242 Å². The molecule has 0 spiro atoms. The van der Waals surface area contributed by atoms with Crippen molar-refractivity contribution in [1.82, 2.24) is 15.3 Å². The van der Waals surface area contributed by atoms with Crippen molar-refractivity contribution in [1.29, 1.82) is 0 Å². The Bertz CT molecular complexity index is 1440. The number of ether oxygens (including phenoxy) is 2. The Balaban J connectivity index is 1.38. The maximum atomic E-state index is 13.7. The minimum Gasteiger partial charge on any atom is -0.494 e. The van der Waals surface area contributed by atoms with Gasteiger partial charge in [0.1, 0.15) is 17.2 Å². The fourth-order valence-corrected chi connectivity index (χ4v) is 4.92. The monoisotopic (exact) mass is 551 g/mol. The van der Waals surface area contributed by atoms with Crippen molar-refractivity contribution in [3.63, 3.8) is 0 Å². The number of nitrogens with one attached hydrogen (secondary N) is 1. The van der Waals surface area contributed by atoms with E-state index in [9.17, 15) is 4.79 Å². The molecule has 1 aromatic heterocycles. The van der Waals surface area contributed by atoms with Crippen LogP contribution in [0.4, 0.5) is 21.9 Å². The highest BCUT2D eigenvalue weighted by molar-refractivity contribution is 5.81. The number of benzene rings is 3. The van der Waals surface area contributed by atoms with E-state index in [0.717, 1.165) is 47.9 Å². The molecule has 3 aromatic carbocycles. The van der Waals surface area contributed by atoms with Gasteiger partial charge in [-0.25, -0.2) is 20.2 Å². The first-order valence-corrected chi connectivity index (χ1v) is 14.2. The van der Waals surface area contributed by atoms with Crippen molar-refractivity contribution < 1.29 is 14.3 Å². The summed E-state index contributed by atoms with van der Waals surface area (Å²) in [6.07, 6.45) is 0.806. The highest BCUT2D eigenvalue weighted by atomic mass is 16.5. The average molecular weight is 552 g/mol. The number of para-hydroxylation sites is 2. The second kappa shape index (κ2) is 13.1. The second-order valence-electron chi connectivity index (χ2n) is 9.82. The third-order valence-electron chi connectivity index (χ3n) is 7.13. The van der Waals surface area contributed by atoms with Crippen LogP contribution in [0.5, 0.6) is 17.4 Å². The van der Waals surface area contributed by atoms with E-state index in [2.05, 4.69) is 35.4 Å². The normalized spacial score (nSPS) is 13.0. The van der Waals surface area contributed by atoms with Gasteiger partial charge in [0.05, 0.1) is 12.3 Å². The number of aryl methyl sites for hydroxylation is 2. The molecule has 1 N–H and O–H groups in total. The fourth-order valence-electron chi connectivity index (χ4n) is 4.92. The van der Waals surface area contributed by atoms with E-state index in [1.165, 1.54) is 0 Å². The van der Waals surface area contributed by atoms with E-state index in [1.54, 1.807) is 5.01 Å². The minimum atomic E-state index is -0.180. The Morgan fingerprint density at radius 3 is 2.24 bits per heavy atom. The predicted octanol–water partition coefficient (Wildman–Crippen LogP) is 6.73. The van der Waals surface area contributed by atoms with Crippen molar-refractivity contribution in [3.05, 3.63) is 102 Å². The second-order valence-corrected chi connectivity index (χ2v) is 9.82. The summed E-state index contributed by atoms with van der Waals surface area (Å²) in [7, 11) is 0. The summed E-state index contributed by atoms with van der Waals surface area (Å²) in [6, 6.07) is 29.3. The van der Waals surface area contributed by atoms with Gasteiger partial charge in [-0.15, -0.1) is 0 Å². The van der Waals surface area contributed by atoms with Crippen molar-refractivity contribution in [2.45, 2.75) is 27.2 Å². The number of hydrazine groups is 1. The summed E-state index contributed by atoms with van der Waals surface area (Å²) in [5, 5.41) is 1.78. The summed E-state index contributed by atoms with van der Waals surface area (Å²) >= 11 is 0. The van der Waals surface area contributed by atoms with Gasteiger partial charge in [0.25, 0.3) is 0 Å². The Morgan fingerprint density at radius 1 is 0.878 bits per heavy atom. The SMILES string of the molecule is CCOc1cccc(N2CCN(C(=O)NN(c3ccccc3)c3cc(CC)c(C)nc3Oc3ccccc3)CC2)c1. The number of hydrogen-bond acceptors (Lipinski definition) is 6. The Hall–Kier alpha value is -4.72. The third-order valence-corrected chi connectivity index (χ3v) is 7.13. The van der Waals surface area contributed by atoms with Crippen LogP contribution in [0.1, 0.15) is 25.1 Å². The first kappa shape index (κ1) is 27.8. The number of carbonyl (C=O) groups excluding carboxylic acids is 1. The number of amides is 2. The number of carbonyl (C=O) groups is 1. The molecular weight excluding hydrogens is 514 g/mol. The van der Waals surface area contributed by atoms with Crippen LogP contribution in [0.3, 0.4) is 0 Å². The quantitative estimate of drug-likeness (QED) is 0.233. The smallest absolute Gasteiger partial charge is 0.336 e. The van der Waals surface area contributed by atoms with Crippen LogP contribution in [-0.2, 0) is 6.42 Å². The van der Waals surface area contributed by atoms with Crippen LogP contribution < -0.4 is 24.8 Å².